The van der Waals surface area contributed by atoms with E-state index in [-0.39, 0.29) is 5.56 Å². The van der Waals surface area contributed by atoms with Crippen LogP contribution >= 0.6 is 0 Å². The van der Waals surface area contributed by atoms with E-state index in [4.69, 9.17) is 4.74 Å². The Hall–Kier alpha value is -3.47. The van der Waals surface area contributed by atoms with Gasteiger partial charge in [-0.15, -0.1) is 0 Å². The molecule has 4 rings (SSSR count). The molecule has 4 aromatic rings. The molecule has 5 nitrogen and oxygen atoms in total. The Kier molecular flexibility index (Phi) is 4.19. The van der Waals surface area contributed by atoms with Crippen molar-refractivity contribution in [1.29, 1.82) is 0 Å². The zero-order valence-electron chi connectivity index (χ0n) is 14.3. The number of aromatic nitrogens is 3. The smallest absolute Gasteiger partial charge is 0.293 e. The number of ether oxygens (including phenoxy) is 1. The molecule has 0 saturated carbocycles. The molecular weight excluding hydrogens is 326 g/mol. The summed E-state index contributed by atoms with van der Waals surface area (Å²) in [6.07, 6.45) is 1.63. The number of hydrogen-bond donors (Lipinski definition) is 0. The number of fused-ring (bicyclic) bond motifs is 1. The predicted octanol–water partition coefficient (Wildman–Crippen LogP) is 3.52. The molecule has 0 atom stereocenters. The van der Waals surface area contributed by atoms with E-state index in [1.807, 2.05) is 66.7 Å². The zero-order valence-corrected chi connectivity index (χ0v) is 14.3. The summed E-state index contributed by atoms with van der Waals surface area (Å²) in [5.41, 5.74) is 2.88. The third-order valence-corrected chi connectivity index (χ3v) is 4.26. The van der Waals surface area contributed by atoms with Crippen LogP contribution in [-0.2, 0) is 6.54 Å². The van der Waals surface area contributed by atoms with Crippen LogP contribution in [0.3, 0.4) is 0 Å². The van der Waals surface area contributed by atoms with Gasteiger partial charge in [0.25, 0.3) is 5.56 Å². The third-order valence-electron chi connectivity index (χ3n) is 4.26. The lowest BCUT2D eigenvalue weighted by atomic mass is 10.1. The maximum absolute atomic E-state index is 12.8. The van der Waals surface area contributed by atoms with Gasteiger partial charge >= 0.3 is 0 Å². The highest BCUT2D eigenvalue weighted by molar-refractivity contribution is 5.91. The highest BCUT2D eigenvalue weighted by Gasteiger charge is 2.13. The molecule has 0 aliphatic heterocycles. The van der Waals surface area contributed by atoms with Crippen LogP contribution < -0.4 is 10.3 Å². The van der Waals surface area contributed by atoms with E-state index in [1.54, 1.807) is 13.3 Å². The van der Waals surface area contributed by atoms with Gasteiger partial charge in [0.05, 0.1) is 13.7 Å². The van der Waals surface area contributed by atoms with Crippen LogP contribution in [0.25, 0.3) is 22.2 Å². The van der Waals surface area contributed by atoms with E-state index in [0.29, 0.717) is 12.1 Å². The van der Waals surface area contributed by atoms with E-state index in [9.17, 15) is 4.79 Å². The van der Waals surface area contributed by atoms with Gasteiger partial charge in [-0.1, -0.05) is 30.3 Å². The van der Waals surface area contributed by atoms with Gasteiger partial charge < -0.3 is 4.74 Å². The number of rotatable bonds is 4. The predicted molar refractivity (Wildman–Crippen MR) is 101 cm³/mol. The molecule has 0 spiro atoms. The summed E-state index contributed by atoms with van der Waals surface area (Å²) in [7, 11) is 1.63. The Morgan fingerprint density at radius 2 is 1.73 bits per heavy atom. The SMILES string of the molecule is COc1ccc(-c2nn(Cc3ccccc3)c(=O)c3ncccc23)cc1. The summed E-state index contributed by atoms with van der Waals surface area (Å²) in [5, 5.41) is 5.39. The molecule has 0 unspecified atom stereocenters. The van der Waals surface area contributed by atoms with Crippen molar-refractivity contribution in [3.8, 4) is 17.0 Å². The van der Waals surface area contributed by atoms with E-state index < -0.39 is 0 Å². The first-order chi connectivity index (χ1) is 12.8. The molecule has 128 valence electrons. The average Bonchev–Trinajstić information content (AvgIpc) is 2.71. The van der Waals surface area contributed by atoms with E-state index in [0.717, 1.165) is 28.0 Å². The van der Waals surface area contributed by atoms with Crippen LogP contribution in [0.4, 0.5) is 0 Å². The molecule has 2 aromatic carbocycles. The van der Waals surface area contributed by atoms with Crippen LogP contribution in [0.1, 0.15) is 5.56 Å². The van der Waals surface area contributed by atoms with Gasteiger partial charge in [0.2, 0.25) is 0 Å². The summed E-state index contributed by atoms with van der Waals surface area (Å²) in [5.74, 6) is 0.772. The van der Waals surface area contributed by atoms with E-state index in [2.05, 4.69) is 10.1 Å². The van der Waals surface area contributed by atoms with Gasteiger partial charge in [-0.25, -0.2) is 4.68 Å². The molecule has 2 aromatic heterocycles. The van der Waals surface area contributed by atoms with Crippen LogP contribution in [-0.4, -0.2) is 21.9 Å². The first kappa shape index (κ1) is 16.0. The van der Waals surface area contributed by atoms with Crippen molar-refractivity contribution in [3.05, 3.63) is 88.8 Å². The van der Waals surface area contributed by atoms with E-state index >= 15 is 0 Å². The highest BCUT2D eigenvalue weighted by atomic mass is 16.5. The molecule has 0 aliphatic carbocycles. The van der Waals surface area contributed by atoms with Crippen molar-refractivity contribution in [2.24, 2.45) is 0 Å². The van der Waals surface area contributed by atoms with Crippen molar-refractivity contribution in [2.75, 3.05) is 7.11 Å². The minimum Gasteiger partial charge on any atom is -0.497 e. The van der Waals surface area contributed by atoms with Crippen molar-refractivity contribution < 1.29 is 4.74 Å². The van der Waals surface area contributed by atoms with Crippen molar-refractivity contribution in [3.63, 3.8) is 0 Å². The summed E-state index contributed by atoms with van der Waals surface area (Å²) < 4.78 is 6.70. The number of hydrogen-bond acceptors (Lipinski definition) is 4. The monoisotopic (exact) mass is 343 g/mol. The molecule has 0 saturated heterocycles. The Morgan fingerprint density at radius 1 is 0.962 bits per heavy atom. The van der Waals surface area contributed by atoms with Crippen LogP contribution in [0.2, 0.25) is 0 Å². The molecule has 5 heteroatoms. The summed E-state index contributed by atoms with van der Waals surface area (Å²) in [6, 6.07) is 21.1. The number of benzene rings is 2. The Balaban J connectivity index is 1.90. The molecule has 0 radical (unpaired) electrons. The summed E-state index contributed by atoms with van der Waals surface area (Å²) >= 11 is 0. The fourth-order valence-corrected chi connectivity index (χ4v) is 2.93. The first-order valence-corrected chi connectivity index (χ1v) is 8.30. The second kappa shape index (κ2) is 6.80. The topological polar surface area (TPSA) is 57.0 Å². The minimum absolute atomic E-state index is 0.193. The standard InChI is InChI=1S/C21H17N3O2/c1-26-17-11-9-16(10-12-17)19-18-8-5-13-22-20(18)21(25)24(23-19)14-15-6-3-2-4-7-15/h2-13H,14H2,1H3. The molecule has 0 N–H and O–H groups in total. The van der Waals surface area contributed by atoms with Crippen LogP contribution in [0, 0.1) is 0 Å². The molecular formula is C21H17N3O2. The molecule has 0 fully saturated rings. The first-order valence-electron chi connectivity index (χ1n) is 8.30. The quantitative estimate of drug-likeness (QED) is 0.569. The lowest BCUT2D eigenvalue weighted by Crippen LogP contribution is -2.25. The fraction of sp³-hybridized carbons (Fsp3) is 0.0952. The number of methoxy groups -OCH3 is 1. The van der Waals surface area contributed by atoms with Crippen LogP contribution in [0.5, 0.6) is 5.75 Å². The Morgan fingerprint density at radius 3 is 2.46 bits per heavy atom. The van der Waals surface area contributed by atoms with E-state index in [1.165, 1.54) is 4.68 Å². The Bertz CT molecular complexity index is 1100. The number of pyridine rings is 1. The molecule has 0 aliphatic rings. The van der Waals surface area contributed by atoms with Gasteiger partial charge in [0.1, 0.15) is 17.0 Å². The molecule has 2 heterocycles. The van der Waals surface area contributed by atoms with Gasteiger partial charge in [-0.3, -0.25) is 9.78 Å². The van der Waals surface area contributed by atoms with Crippen LogP contribution in [0.15, 0.2) is 77.7 Å². The van der Waals surface area contributed by atoms with Gasteiger partial charge in [-0.2, -0.15) is 5.10 Å². The van der Waals surface area contributed by atoms with Gasteiger partial charge in [0.15, 0.2) is 0 Å². The van der Waals surface area contributed by atoms with Crippen molar-refractivity contribution in [2.45, 2.75) is 6.54 Å². The summed E-state index contributed by atoms with van der Waals surface area (Å²) in [6.45, 7) is 0.398. The largest absolute Gasteiger partial charge is 0.497 e. The average molecular weight is 343 g/mol. The fourth-order valence-electron chi connectivity index (χ4n) is 2.93. The molecule has 26 heavy (non-hydrogen) atoms. The highest BCUT2D eigenvalue weighted by Crippen LogP contribution is 2.25. The number of nitrogens with zero attached hydrogens (tertiary/aromatic N) is 3. The second-order valence-corrected chi connectivity index (χ2v) is 5.93. The second-order valence-electron chi connectivity index (χ2n) is 5.93. The van der Waals surface area contributed by atoms with Crippen molar-refractivity contribution in [1.82, 2.24) is 14.8 Å². The minimum atomic E-state index is -0.193. The normalized spacial score (nSPS) is 10.8. The lowest BCUT2D eigenvalue weighted by Gasteiger charge is -2.11. The molecule has 0 bridgehead atoms. The Labute approximate surface area is 150 Å². The summed E-state index contributed by atoms with van der Waals surface area (Å²) in [4.78, 5) is 17.1. The lowest BCUT2D eigenvalue weighted by molar-refractivity contribution is 0.415. The maximum Gasteiger partial charge on any atom is 0.293 e. The van der Waals surface area contributed by atoms with Crippen molar-refractivity contribution >= 4 is 10.9 Å². The third kappa shape index (κ3) is 2.95. The van der Waals surface area contributed by atoms with Gasteiger partial charge in [-0.05, 0) is 42.0 Å². The van der Waals surface area contributed by atoms with Gasteiger partial charge in [0, 0.05) is 17.1 Å². The zero-order chi connectivity index (χ0) is 17.9. The molecule has 0 amide bonds. The maximum atomic E-state index is 12.8.